The summed E-state index contributed by atoms with van der Waals surface area (Å²) in [5, 5.41) is 3.28. The highest BCUT2D eigenvalue weighted by molar-refractivity contribution is 7.92. The van der Waals surface area contributed by atoms with Crippen LogP contribution in [0.2, 0.25) is 0 Å². The van der Waals surface area contributed by atoms with Crippen LogP contribution in [0.25, 0.3) is 21.3 Å². The number of pyridine rings is 1. The number of benzene rings is 1. The zero-order valence-electron chi connectivity index (χ0n) is 19.5. The minimum absolute atomic E-state index is 0.0643. The first-order chi connectivity index (χ1) is 17.5. The number of carbonyl (C=O) groups excluding carboxylic acids is 2. The molecule has 0 bridgehead atoms. The van der Waals surface area contributed by atoms with E-state index in [2.05, 4.69) is 20.6 Å². The molecule has 1 aromatic carbocycles. The van der Waals surface area contributed by atoms with E-state index in [1.165, 1.54) is 37.4 Å². The fourth-order valence-electron chi connectivity index (χ4n) is 3.60. The standard InChI is InChI=1S/C23H23F3N4O5S2/c1-35-9-10-37(33,34)19(21(32)28-12-18(31)29-14-5-6-14)22-30-16-7-4-13(11-17(16)36-22)15-3-2-8-27-20(15)23(24,25)26/h2-4,7-8,11,14,19H,5-6,9-10,12H2,1H3,(H,28,32)(H,29,31). The van der Waals surface area contributed by atoms with Crippen molar-refractivity contribution in [2.24, 2.45) is 0 Å². The van der Waals surface area contributed by atoms with Crippen LogP contribution in [0.5, 0.6) is 0 Å². The van der Waals surface area contributed by atoms with Crippen LogP contribution in [0, 0.1) is 0 Å². The summed E-state index contributed by atoms with van der Waals surface area (Å²) in [6.07, 6.45) is -1.92. The van der Waals surface area contributed by atoms with Crippen molar-refractivity contribution in [3.05, 3.63) is 47.2 Å². The smallest absolute Gasteiger partial charge is 0.384 e. The quantitative estimate of drug-likeness (QED) is 0.393. The zero-order chi connectivity index (χ0) is 26.8. The van der Waals surface area contributed by atoms with Gasteiger partial charge < -0.3 is 15.4 Å². The molecule has 2 amide bonds. The van der Waals surface area contributed by atoms with Gasteiger partial charge in [0.05, 0.1) is 29.1 Å². The average Bonchev–Trinajstić information content (AvgIpc) is 3.56. The first-order valence-corrected chi connectivity index (χ1v) is 13.7. The molecule has 1 aliphatic rings. The van der Waals surface area contributed by atoms with Crippen molar-refractivity contribution in [2.45, 2.75) is 30.3 Å². The maximum Gasteiger partial charge on any atom is 0.433 e. The lowest BCUT2D eigenvalue weighted by atomic mass is 10.0. The Hall–Kier alpha value is -3.10. The SMILES string of the molecule is COCCS(=O)(=O)C(C(=O)NCC(=O)NC1CC1)c1nc2ccc(-c3cccnc3C(F)(F)F)cc2s1. The number of hydrogen-bond donors (Lipinski definition) is 2. The summed E-state index contributed by atoms with van der Waals surface area (Å²) >= 11 is 0.877. The summed E-state index contributed by atoms with van der Waals surface area (Å²) in [7, 11) is -2.79. The summed E-state index contributed by atoms with van der Waals surface area (Å²) in [6.45, 7) is -0.563. The summed E-state index contributed by atoms with van der Waals surface area (Å²) in [6, 6.07) is 7.07. The molecule has 3 aromatic rings. The number of nitrogens with one attached hydrogen (secondary N) is 2. The van der Waals surface area contributed by atoms with Crippen molar-refractivity contribution < 1.29 is 35.9 Å². The van der Waals surface area contributed by atoms with Gasteiger partial charge in [-0.2, -0.15) is 13.2 Å². The topological polar surface area (TPSA) is 127 Å². The van der Waals surface area contributed by atoms with E-state index >= 15 is 0 Å². The Bertz CT molecular complexity index is 1420. The van der Waals surface area contributed by atoms with Crippen LogP contribution in [-0.4, -0.2) is 62.3 Å². The Morgan fingerprint density at radius 3 is 2.68 bits per heavy atom. The fraction of sp³-hybridized carbons (Fsp3) is 0.391. The van der Waals surface area contributed by atoms with Crippen molar-refractivity contribution >= 4 is 43.2 Å². The van der Waals surface area contributed by atoms with E-state index in [9.17, 15) is 31.2 Å². The monoisotopic (exact) mass is 556 g/mol. The number of amides is 2. The van der Waals surface area contributed by atoms with Gasteiger partial charge in [0.1, 0.15) is 5.01 Å². The number of rotatable bonds is 10. The summed E-state index contributed by atoms with van der Waals surface area (Å²) in [4.78, 5) is 32.8. The third-order valence-electron chi connectivity index (χ3n) is 5.55. The molecule has 0 saturated heterocycles. The fourth-order valence-corrected chi connectivity index (χ4v) is 6.57. The van der Waals surface area contributed by atoms with Crippen LogP contribution < -0.4 is 10.6 Å². The van der Waals surface area contributed by atoms with Crippen molar-refractivity contribution in [1.82, 2.24) is 20.6 Å². The Labute approximate surface area is 214 Å². The Kier molecular flexibility index (Phi) is 7.80. The third kappa shape index (κ3) is 6.43. The second kappa shape index (κ2) is 10.7. The van der Waals surface area contributed by atoms with Crippen LogP contribution in [0.15, 0.2) is 36.5 Å². The number of fused-ring (bicyclic) bond motifs is 1. The van der Waals surface area contributed by atoms with E-state index in [4.69, 9.17) is 4.74 Å². The molecule has 2 aromatic heterocycles. The lowest BCUT2D eigenvalue weighted by molar-refractivity contribution is -0.140. The van der Waals surface area contributed by atoms with Gasteiger partial charge in [0.2, 0.25) is 11.8 Å². The first kappa shape index (κ1) is 26.9. The van der Waals surface area contributed by atoms with E-state index in [1.807, 2.05) is 0 Å². The van der Waals surface area contributed by atoms with Gasteiger partial charge in [0.15, 0.2) is 20.8 Å². The summed E-state index contributed by atoms with van der Waals surface area (Å²) < 4.78 is 71.8. The van der Waals surface area contributed by atoms with Crippen LogP contribution in [0.1, 0.15) is 28.8 Å². The number of sulfone groups is 1. The van der Waals surface area contributed by atoms with Gasteiger partial charge in [0, 0.05) is 24.9 Å². The lowest BCUT2D eigenvalue weighted by Crippen LogP contribution is -2.41. The molecule has 9 nitrogen and oxygen atoms in total. The Balaban J connectivity index is 1.67. The van der Waals surface area contributed by atoms with Crippen LogP contribution in [0.4, 0.5) is 13.2 Å². The maximum atomic E-state index is 13.5. The molecule has 1 fully saturated rings. The van der Waals surface area contributed by atoms with Crippen LogP contribution in [0.3, 0.4) is 0 Å². The molecule has 2 heterocycles. The third-order valence-corrected chi connectivity index (χ3v) is 8.67. The molecule has 1 aliphatic carbocycles. The molecular weight excluding hydrogens is 533 g/mol. The molecule has 198 valence electrons. The Morgan fingerprint density at radius 1 is 1.24 bits per heavy atom. The molecule has 1 saturated carbocycles. The highest BCUT2D eigenvalue weighted by Crippen LogP contribution is 2.38. The van der Waals surface area contributed by atoms with Crippen LogP contribution >= 0.6 is 11.3 Å². The second-order valence-corrected chi connectivity index (χ2v) is 11.7. The summed E-state index contributed by atoms with van der Waals surface area (Å²) in [5.74, 6) is -1.83. The van der Waals surface area contributed by atoms with Gasteiger partial charge in [-0.05, 0) is 36.6 Å². The zero-order valence-corrected chi connectivity index (χ0v) is 21.2. The summed E-state index contributed by atoms with van der Waals surface area (Å²) in [5.41, 5.74) is -0.672. The number of halogens is 3. The van der Waals surface area contributed by atoms with E-state index in [-0.39, 0.29) is 28.8 Å². The number of thiazole rings is 1. The largest absolute Gasteiger partial charge is 0.433 e. The number of carbonyl (C=O) groups is 2. The molecule has 0 radical (unpaired) electrons. The minimum Gasteiger partial charge on any atom is -0.384 e. The molecule has 14 heteroatoms. The normalized spacial score (nSPS) is 14.9. The van der Waals surface area contributed by atoms with Gasteiger partial charge >= 0.3 is 6.18 Å². The minimum atomic E-state index is -4.67. The van der Waals surface area contributed by atoms with Gasteiger partial charge in [0.25, 0.3) is 0 Å². The highest BCUT2D eigenvalue weighted by atomic mass is 32.2. The van der Waals surface area contributed by atoms with Gasteiger partial charge in [-0.25, -0.2) is 13.4 Å². The molecular formula is C23H23F3N4O5S2. The van der Waals surface area contributed by atoms with Crippen molar-refractivity contribution in [3.8, 4) is 11.1 Å². The number of aromatic nitrogens is 2. The first-order valence-electron chi connectivity index (χ1n) is 11.2. The van der Waals surface area contributed by atoms with E-state index < -0.39 is 51.1 Å². The molecule has 0 aliphatic heterocycles. The van der Waals surface area contributed by atoms with E-state index in [1.54, 1.807) is 0 Å². The van der Waals surface area contributed by atoms with Crippen molar-refractivity contribution in [1.29, 1.82) is 0 Å². The molecule has 37 heavy (non-hydrogen) atoms. The van der Waals surface area contributed by atoms with Gasteiger partial charge in [-0.1, -0.05) is 12.1 Å². The second-order valence-electron chi connectivity index (χ2n) is 8.43. The van der Waals surface area contributed by atoms with Gasteiger partial charge in [-0.3, -0.25) is 14.6 Å². The van der Waals surface area contributed by atoms with E-state index in [0.717, 1.165) is 30.4 Å². The molecule has 1 atom stereocenters. The van der Waals surface area contributed by atoms with E-state index in [0.29, 0.717) is 10.2 Å². The predicted molar refractivity (Wildman–Crippen MR) is 130 cm³/mol. The van der Waals surface area contributed by atoms with Gasteiger partial charge in [-0.15, -0.1) is 11.3 Å². The maximum absolute atomic E-state index is 13.5. The number of ether oxygens (including phenoxy) is 1. The van der Waals surface area contributed by atoms with Crippen molar-refractivity contribution in [3.63, 3.8) is 0 Å². The number of hydrogen-bond acceptors (Lipinski definition) is 8. The predicted octanol–water partition coefficient (Wildman–Crippen LogP) is 2.87. The molecule has 0 spiro atoms. The number of methoxy groups -OCH3 is 1. The highest BCUT2D eigenvalue weighted by Gasteiger charge is 2.38. The van der Waals surface area contributed by atoms with Crippen molar-refractivity contribution in [2.75, 3.05) is 26.0 Å². The number of alkyl halides is 3. The molecule has 2 N–H and O–H groups in total. The number of nitrogens with zero attached hydrogens (tertiary/aromatic N) is 2. The lowest BCUT2D eigenvalue weighted by Gasteiger charge is -2.15. The molecule has 1 unspecified atom stereocenters. The average molecular weight is 557 g/mol. The Morgan fingerprint density at radius 2 is 2.00 bits per heavy atom. The van der Waals surface area contributed by atoms with Crippen LogP contribution in [-0.2, 0) is 30.3 Å². The molecule has 4 rings (SSSR count).